The fraction of sp³-hybridized carbons (Fsp3) is 0.889. The van der Waals surface area contributed by atoms with Crippen LogP contribution in [0.15, 0.2) is 4.99 Å². The third-order valence-electron chi connectivity index (χ3n) is 5.36. The van der Waals surface area contributed by atoms with Gasteiger partial charge in [-0.25, -0.2) is 0 Å². The maximum Gasteiger partial charge on any atom is 0.310 e. The zero-order valence-electron chi connectivity index (χ0n) is 16.2. The summed E-state index contributed by atoms with van der Waals surface area (Å²) in [7, 11) is 1.47. The molecule has 2 heterocycles. The quantitative estimate of drug-likeness (QED) is 0.292. The molecule has 0 aromatic rings. The molecule has 2 rings (SSSR count). The Hall–Kier alpha value is -0.570. The predicted molar refractivity (Wildman–Crippen MR) is 113 cm³/mol. The van der Waals surface area contributed by atoms with Crippen LogP contribution in [-0.2, 0) is 9.53 Å². The molecule has 3 unspecified atom stereocenters. The van der Waals surface area contributed by atoms with Crippen molar-refractivity contribution in [3.8, 4) is 0 Å². The van der Waals surface area contributed by atoms with Gasteiger partial charge >= 0.3 is 5.97 Å². The van der Waals surface area contributed by atoms with Crippen molar-refractivity contribution in [2.45, 2.75) is 46.1 Å². The van der Waals surface area contributed by atoms with Crippen molar-refractivity contribution in [2.24, 2.45) is 16.8 Å². The third kappa shape index (κ3) is 5.98. The van der Waals surface area contributed by atoms with E-state index < -0.39 is 0 Å². The Kier molecular flexibility index (Phi) is 10.1. The summed E-state index contributed by atoms with van der Waals surface area (Å²) in [6.07, 6.45) is 3.84. The van der Waals surface area contributed by atoms with Crippen LogP contribution in [0.25, 0.3) is 0 Å². The average molecular weight is 466 g/mol. The highest BCUT2D eigenvalue weighted by atomic mass is 127. The van der Waals surface area contributed by atoms with Crippen molar-refractivity contribution >= 4 is 35.9 Å². The molecule has 0 spiro atoms. The van der Waals surface area contributed by atoms with E-state index in [9.17, 15) is 4.79 Å². The van der Waals surface area contributed by atoms with E-state index in [1.165, 1.54) is 32.9 Å². The monoisotopic (exact) mass is 466 g/mol. The molecule has 25 heavy (non-hydrogen) atoms. The number of esters is 1. The average Bonchev–Trinajstić information content (AvgIpc) is 2.99. The zero-order valence-corrected chi connectivity index (χ0v) is 18.5. The molecule has 146 valence electrons. The third-order valence-corrected chi connectivity index (χ3v) is 5.36. The lowest BCUT2D eigenvalue weighted by molar-refractivity contribution is -0.145. The van der Waals surface area contributed by atoms with Crippen molar-refractivity contribution in [2.75, 3.05) is 46.4 Å². The SMILES string of the molecule is CCNC(=NCC1CCCCN1CC)N1CC(C)C(C(=O)OC)C1.I. The molecule has 0 saturated carbocycles. The number of likely N-dealkylation sites (N-methyl/N-ethyl adjacent to an activating group) is 1. The smallest absolute Gasteiger partial charge is 0.310 e. The predicted octanol–water partition coefficient (Wildman–Crippen LogP) is 2.19. The largest absolute Gasteiger partial charge is 0.469 e. The Labute approximate surface area is 169 Å². The normalized spacial score (nSPS) is 27.8. The number of guanidine groups is 1. The van der Waals surface area contributed by atoms with Crippen molar-refractivity contribution < 1.29 is 9.53 Å². The minimum atomic E-state index is -0.106. The minimum absolute atomic E-state index is 0. The molecule has 3 atom stereocenters. The molecular formula is C18H35IN4O2. The first-order valence-corrected chi connectivity index (χ1v) is 9.45. The molecule has 0 aromatic heterocycles. The Balaban J connectivity index is 0.00000312. The van der Waals surface area contributed by atoms with E-state index in [0.717, 1.165) is 32.1 Å². The molecule has 1 N–H and O–H groups in total. The number of methoxy groups -OCH3 is 1. The summed E-state index contributed by atoms with van der Waals surface area (Å²) in [6.45, 7) is 12.0. The summed E-state index contributed by atoms with van der Waals surface area (Å²) in [6, 6.07) is 0.550. The zero-order chi connectivity index (χ0) is 17.5. The summed E-state index contributed by atoms with van der Waals surface area (Å²) in [5.74, 6) is 1.08. The molecule has 6 nitrogen and oxygen atoms in total. The number of halogens is 1. The lowest BCUT2D eigenvalue weighted by atomic mass is 9.99. The number of hydrogen-bond acceptors (Lipinski definition) is 4. The van der Waals surface area contributed by atoms with Gasteiger partial charge in [0.1, 0.15) is 0 Å². The number of carbonyl (C=O) groups excluding carboxylic acids is 1. The van der Waals surface area contributed by atoms with Gasteiger partial charge in [0, 0.05) is 25.7 Å². The second-order valence-corrected chi connectivity index (χ2v) is 6.98. The highest BCUT2D eigenvalue weighted by Crippen LogP contribution is 2.24. The first-order valence-electron chi connectivity index (χ1n) is 9.45. The molecule has 0 aromatic carbocycles. The van der Waals surface area contributed by atoms with Gasteiger partial charge in [0.2, 0.25) is 0 Å². The number of piperidine rings is 1. The minimum Gasteiger partial charge on any atom is -0.469 e. The van der Waals surface area contributed by atoms with Crippen molar-refractivity contribution in [3.63, 3.8) is 0 Å². The van der Waals surface area contributed by atoms with Crippen molar-refractivity contribution in [1.82, 2.24) is 15.1 Å². The molecule has 0 radical (unpaired) electrons. The lowest BCUT2D eigenvalue weighted by Crippen LogP contribution is -2.44. The van der Waals surface area contributed by atoms with Gasteiger partial charge in [-0.05, 0) is 38.8 Å². The second kappa shape index (κ2) is 11.2. The van der Waals surface area contributed by atoms with Crippen LogP contribution in [0.1, 0.15) is 40.0 Å². The van der Waals surface area contributed by atoms with Gasteiger partial charge in [0.25, 0.3) is 0 Å². The van der Waals surface area contributed by atoms with Gasteiger partial charge in [0.05, 0.1) is 19.6 Å². The molecule has 0 amide bonds. The van der Waals surface area contributed by atoms with E-state index in [1.54, 1.807) is 0 Å². The molecule has 7 heteroatoms. The number of rotatable bonds is 5. The number of hydrogen-bond donors (Lipinski definition) is 1. The van der Waals surface area contributed by atoms with Crippen LogP contribution in [0.5, 0.6) is 0 Å². The maximum atomic E-state index is 11.9. The van der Waals surface area contributed by atoms with Crippen LogP contribution in [0.4, 0.5) is 0 Å². The number of nitrogens with one attached hydrogen (secondary N) is 1. The number of ether oxygens (including phenoxy) is 1. The summed E-state index contributed by atoms with van der Waals surface area (Å²) in [5.41, 5.74) is 0. The summed E-state index contributed by atoms with van der Waals surface area (Å²) >= 11 is 0. The van der Waals surface area contributed by atoms with E-state index >= 15 is 0 Å². The van der Waals surface area contributed by atoms with Crippen LogP contribution < -0.4 is 5.32 Å². The summed E-state index contributed by atoms with van der Waals surface area (Å²) in [4.78, 5) is 21.6. The van der Waals surface area contributed by atoms with Crippen LogP contribution >= 0.6 is 24.0 Å². The van der Waals surface area contributed by atoms with E-state index in [-0.39, 0.29) is 35.9 Å². The Morgan fingerprint density at radius 2 is 2.04 bits per heavy atom. The molecule has 0 aliphatic carbocycles. The van der Waals surface area contributed by atoms with Gasteiger partial charge < -0.3 is 15.0 Å². The highest BCUT2D eigenvalue weighted by molar-refractivity contribution is 14.0. The fourth-order valence-corrected chi connectivity index (χ4v) is 3.90. The van der Waals surface area contributed by atoms with E-state index in [2.05, 4.69) is 35.9 Å². The highest BCUT2D eigenvalue weighted by Gasteiger charge is 2.37. The maximum absolute atomic E-state index is 11.9. The summed E-state index contributed by atoms with van der Waals surface area (Å²) < 4.78 is 4.94. The number of likely N-dealkylation sites (tertiary alicyclic amines) is 2. The standard InChI is InChI=1S/C18H34N4O2.HI/c1-5-19-18(20-11-15-9-7-8-10-21(15)6-2)22-12-14(3)16(13-22)17(23)24-4;/h14-16H,5-13H2,1-4H3,(H,19,20);1H. The molecule has 2 aliphatic rings. The van der Waals surface area contributed by atoms with Gasteiger partial charge in [0.15, 0.2) is 5.96 Å². The van der Waals surface area contributed by atoms with Gasteiger partial charge in [-0.1, -0.05) is 20.3 Å². The van der Waals surface area contributed by atoms with Gasteiger partial charge in [-0.15, -0.1) is 24.0 Å². The molecule has 0 bridgehead atoms. The van der Waals surface area contributed by atoms with Crippen LogP contribution in [-0.4, -0.2) is 74.1 Å². The fourth-order valence-electron chi connectivity index (χ4n) is 3.90. The van der Waals surface area contributed by atoms with E-state index in [1.807, 2.05) is 0 Å². The molecule has 2 fully saturated rings. The van der Waals surface area contributed by atoms with Crippen LogP contribution in [0.2, 0.25) is 0 Å². The van der Waals surface area contributed by atoms with E-state index in [4.69, 9.17) is 9.73 Å². The van der Waals surface area contributed by atoms with E-state index in [0.29, 0.717) is 18.5 Å². The van der Waals surface area contributed by atoms with Crippen molar-refractivity contribution in [1.29, 1.82) is 0 Å². The van der Waals surface area contributed by atoms with Gasteiger partial charge in [-0.3, -0.25) is 14.7 Å². The molecule has 2 aliphatic heterocycles. The number of aliphatic imine (C=N–C) groups is 1. The Morgan fingerprint density at radius 3 is 2.68 bits per heavy atom. The van der Waals surface area contributed by atoms with Gasteiger partial charge in [-0.2, -0.15) is 0 Å². The number of nitrogens with zero attached hydrogens (tertiary/aromatic N) is 3. The summed E-state index contributed by atoms with van der Waals surface area (Å²) in [5, 5.41) is 3.40. The van der Waals surface area contributed by atoms with Crippen LogP contribution in [0, 0.1) is 11.8 Å². The van der Waals surface area contributed by atoms with Crippen molar-refractivity contribution in [3.05, 3.63) is 0 Å². The Morgan fingerprint density at radius 1 is 1.28 bits per heavy atom. The first kappa shape index (κ1) is 22.5. The molecule has 2 saturated heterocycles. The lowest BCUT2D eigenvalue weighted by Gasteiger charge is -2.34. The second-order valence-electron chi connectivity index (χ2n) is 6.98. The topological polar surface area (TPSA) is 57.2 Å². The molecular weight excluding hydrogens is 431 g/mol. The Bertz CT molecular complexity index is 447. The van der Waals surface area contributed by atoms with Crippen LogP contribution in [0.3, 0.4) is 0 Å². The first-order chi connectivity index (χ1) is 11.6. The number of carbonyl (C=O) groups is 1.